The maximum Gasteiger partial charge on any atom is 0.0474 e. The van der Waals surface area contributed by atoms with Gasteiger partial charge in [0.25, 0.3) is 0 Å². The van der Waals surface area contributed by atoms with Gasteiger partial charge in [0.1, 0.15) is 0 Å². The van der Waals surface area contributed by atoms with E-state index in [0.717, 1.165) is 23.7 Å². The molecule has 2 aromatic carbocycles. The zero-order valence-corrected chi connectivity index (χ0v) is 20.3. The SMILES string of the molecule is CCCC1CCC(C2CCC(CCc3ccc(-c4ccc(CCl)cc4)cc3)CC2)CC1. The third kappa shape index (κ3) is 6.38. The van der Waals surface area contributed by atoms with Crippen molar-refractivity contribution >= 4 is 11.6 Å². The van der Waals surface area contributed by atoms with E-state index in [2.05, 4.69) is 55.5 Å². The number of aryl methyl sites for hydroxylation is 1. The van der Waals surface area contributed by atoms with Crippen molar-refractivity contribution in [2.45, 2.75) is 89.9 Å². The molecular formula is C30H41Cl. The molecule has 0 bridgehead atoms. The molecule has 0 saturated heterocycles. The first kappa shape index (κ1) is 22.9. The molecule has 0 heterocycles. The second-order valence-corrected chi connectivity index (χ2v) is 10.7. The summed E-state index contributed by atoms with van der Waals surface area (Å²) in [5, 5.41) is 0. The molecule has 0 amide bonds. The van der Waals surface area contributed by atoms with Crippen LogP contribution in [0.3, 0.4) is 0 Å². The largest absolute Gasteiger partial charge is 0.122 e. The van der Waals surface area contributed by atoms with Gasteiger partial charge in [-0.15, -0.1) is 11.6 Å². The molecule has 0 N–H and O–H groups in total. The molecule has 4 rings (SSSR count). The normalized spacial score (nSPS) is 26.6. The van der Waals surface area contributed by atoms with Crippen molar-refractivity contribution in [3.05, 3.63) is 59.7 Å². The van der Waals surface area contributed by atoms with Gasteiger partial charge in [-0.3, -0.25) is 0 Å². The summed E-state index contributed by atoms with van der Waals surface area (Å²) in [6.45, 7) is 2.35. The van der Waals surface area contributed by atoms with Crippen LogP contribution in [0.4, 0.5) is 0 Å². The van der Waals surface area contributed by atoms with Crippen molar-refractivity contribution in [2.75, 3.05) is 0 Å². The van der Waals surface area contributed by atoms with Crippen molar-refractivity contribution in [3.63, 3.8) is 0 Å². The van der Waals surface area contributed by atoms with Gasteiger partial charge in [0.15, 0.2) is 0 Å². The second-order valence-electron chi connectivity index (χ2n) is 10.4. The van der Waals surface area contributed by atoms with Crippen LogP contribution in [-0.4, -0.2) is 0 Å². The van der Waals surface area contributed by atoms with E-state index in [0.29, 0.717) is 5.88 Å². The Balaban J connectivity index is 1.19. The van der Waals surface area contributed by atoms with Crippen LogP contribution in [-0.2, 0) is 12.3 Å². The van der Waals surface area contributed by atoms with E-state index in [-0.39, 0.29) is 0 Å². The van der Waals surface area contributed by atoms with Crippen LogP contribution in [0.15, 0.2) is 48.5 Å². The standard InChI is InChI=1S/C30H41Cl/c1-2-3-23-6-14-27(15-7-23)28-16-8-24(9-17-28)4-5-25-10-18-29(19-11-25)30-20-12-26(22-31)13-21-30/h10-13,18-21,23-24,27-28H,2-9,14-17,22H2,1H3. The highest BCUT2D eigenvalue weighted by atomic mass is 35.5. The van der Waals surface area contributed by atoms with Crippen molar-refractivity contribution in [1.82, 2.24) is 0 Å². The van der Waals surface area contributed by atoms with Crippen LogP contribution in [0.25, 0.3) is 11.1 Å². The highest BCUT2D eigenvalue weighted by Crippen LogP contribution is 2.43. The Bertz CT molecular complexity index is 759. The Labute approximate surface area is 195 Å². The molecule has 0 aromatic heterocycles. The lowest BCUT2D eigenvalue weighted by Gasteiger charge is -2.38. The van der Waals surface area contributed by atoms with E-state index in [1.807, 2.05) is 0 Å². The fraction of sp³-hybridized carbons (Fsp3) is 0.600. The fourth-order valence-corrected chi connectivity index (χ4v) is 6.50. The minimum Gasteiger partial charge on any atom is -0.122 e. The molecule has 31 heavy (non-hydrogen) atoms. The lowest BCUT2D eigenvalue weighted by Crippen LogP contribution is -2.26. The zero-order chi connectivity index (χ0) is 21.5. The van der Waals surface area contributed by atoms with Gasteiger partial charge in [0.2, 0.25) is 0 Å². The molecular weight excluding hydrogens is 396 g/mol. The third-order valence-corrected chi connectivity index (χ3v) is 8.69. The summed E-state index contributed by atoms with van der Waals surface area (Å²) in [4.78, 5) is 0. The van der Waals surface area contributed by atoms with E-state index < -0.39 is 0 Å². The molecule has 2 aliphatic rings. The van der Waals surface area contributed by atoms with Crippen molar-refractivity contribution < 1.29 is 0 Å². The third-order valence-electron chi connectivity index (χ3n) is 8.38. The fourth-order valence-electron chi connectivity index (χ4n) is 6.33. The molecule has 1 heteroatoms. The summed E-state index contributed by atoms with van der Waals surface area (Å²) in [7, 11) is 0. The van der Waals surface area contributed by atoms with Crippen LogP contribution in [0.1, 0.15) is 88.7 Å². The number of hydrogen-bond acceptors (Lipinski definition) is 0. The molecule has 168 valence electrons. The quantitative estimate of drug-likeness (QED) is 0.361. The van der Waals surface area contributed by atoms with Crippen LogP contribution < -0.4 is 0 Å². The topological polar surface area (TPSA) is 0 Å². The first-order valence-electron chi connectivity index (χ1n) is 13.0. The van der Waals surface area contributed by atoms with Crippen molar-refractivity contribution in [1.29, 1.82) is 0 Å². The van der Waals surface area contributed by atoms with E-state index in [1.165, 1.54) is 99.3 Å². The first-order chi connectivity index (χ1) is 15.2. The summed E-state index contributed by atoms with van der Waals surface area (Å²) >= 11 is 5.91. The summed E-state index contributed by atoms with van der Waals surface area (Å²) in [5.74, 6) is 4.69. The van der Waals surface area contributed by atoms with Gasteiger partial charge in [0.05, 0.1) is 0 Å². The zero-order valence-electron chi connectivity index (χ0n) is 19.5. The van der Waals surface area contributed by atoms with Gasteiger partial charge < -0.3 is 0 Å². The lowest BCUT2D eigenvalue weighted by molar-refractivity contribution is 0.141. The van der Waals surface area contributed by atoms with Gasteiger partial charge in [-0.1, -0.05) is 94.0 Å². The first-order valence-corrected chi connectivity index (χ1v) is 13.5. The molecule has 2 saturated carbocycles. The maximum absolute atomic E-state index is 5.91. The summed E-state index contributed by atoms with van der Waals surface area (Å²) in [6.07, 6.45) is 17.5. The molecule has 0 spiro atoms. The highest BCUT2D eigenvalue weighted by molar-refractivity contribution is 6.17. The van der Waals surface area contributed by atoms with Gasteiger partial charge in [0, 0.05) is 5.88 Å². The smallest absolute Gasteiger partial charge is 0.0474 e. The van der Waals surface area contributed by atoms with Gasteiger partial charge in [-0.25, -0.2) is 0 Å². The van der Waals surface area contributed by atoms with Gasteiger partial charge in [-0.05, 0) is 84.5 Å². The number of alkyl halides is 1. The Kier molecular flexibility index (Phi) is 8.54. The van der Waals surface area contributed by atoms with E-state index >= 15 is 0 Å². The minimum absolute atomic E-state index is 0.585. The minimum atomic E-state index is 0.585. The Hall–Kier alpha value is -1.27. The summed E-state index contributed by atoms with van der Waals surface area (Å²) < 4.78 is 0. The second kappa shape index (κ2) is 11.6. The van der Waals surface area contributed by atoms with Gasteiger partial charge in [-0.2, -0.15) is 0 Å². The molecule has 0 aliphatic heterocycles. The molecule has 0 radical (unpaired) electrons. The summed E-state index contributed by atoms with van der Waals surface area (Å²) in [5.41, 5.74) is 5.26. The Morgan fingerprint density at radius 3 is 1.52 bits per heavy atom. The average molecular weight is 437 g/mol. The van der Waals surface area contributed by atoms with Crippen molar-refractivity contribution in [3.8, 4) is 11.1 Å². The molecule has 0 unspecified atom stereocenters. The molecule has 0 atom stereocenters. The Morgan fingerprint density at radius 2 is 1.06 bits per heavy atom. The van der Waals surface area contributed by atoms with Crippen LogP contribution in [0.2, 0.25) is 0 Å². The number of rotatable bonds is 8. The highest BCUT2D eigenvalue weighted by Gasteiger charge is 2.30. The number of benzene rings is 2. The van der Waals surface area contributed by atoms with Crippen LogP contribution >= 0.6 is 11.6 Å². The lowest BCUT2D eigenvalue weighted by atomic mass is 9.68. The molecule has 0 nitrogen and oxygen atoms in total. The maximum atomic E-state index is 5.91. The summed E-state index contributed by atoms with van der Waals surface area (Å²) in [6, 6.07) is 17.9. The predicted molar refractivity (Wildman–Crippen MR) is 136 cm³/mol. The van der Waals surface area contributed by atoms with Crippen molar-refractivity contribution in [2.24, 2.45) is 23.7 Å². The van der Waals surface area contributed by atoms with E-state index in [1.54, 1.807) is 0 Å². The average Bonchev–Trinajstić information content (AvgIpc) is 2.84. The Morgan fingerprint density at radius 1 is 0.613 bits per heavy atom. The van der Waals surface area contributed by atoms with Crippen LogP contribution in [0, 0.1) is 23.7 Å². The van der Waals surface area contributed by atoms with Gasteiger partial charge >= 0.3 is 0 Å². The van der Waals surface area contributed by atoms with E-state index in [9.17, 15) is 0 Å². The molecule has 2 fully saturated rings. The predicted octanol–water partition coefficient (Wildman–Crippen LogP) is 9.44. The molecule has 2 aliphatic carbocycles. The van der Waals surface area contributed by atoms with Crippen LogP contribution in [0.5, 0.6) is 0 Å². The monoisotopic (exact) mass is 436 g/mol. The van der Waals surface area contributed by atoms with E-state index in [4.69, 9.17) is 11.6 Å². The number of hydrogen-bond donors (Lipinski definition) is 0. The number of halogens is 1. The molecule has 2 aromatic rings.